The molecule has 1 aromatic rings. The van der Waals surface area contributed by atoms with E-state index in [1.54, 1.807) is 11.3 Å². The topological polar surface area (TPSA) is 29.5 Å². The summed E-state index contributed by atoms with van der Waals surface area (Å²) in [6.45, 7) is 6.56. The maximum absolute atomic E-state index is 12.1. The molecule has 0 bridgehead atoms. The number of carbonyl (C=O) groups is 1. The van der Waals surface area contributed by atoms with Crippen LogP contribution in [0.3, 0.4) is 0 Å². The molecule has 0 N–H and O–H groups in total. The lowest BCUT2D eigenvalue weighted by Gasteiger charge is -2.28. The molecule has 0 spiro atoms. The summed E-state index contributed by atoms with van der Waals surface area (Å²) in [5.41, 5.74) is 0.910. The third-order valence-electron chi connectivity index (χ3n) is 3.06. The van der Waals surface area contributed by atoms with Gasteiger partial charge in [-0.15, -0.1) is 0 Å². The summed E-state index contributed by atoms with van der Waals surface area (Å²) in [6.07, 6.45) is 2.94. The van der Waals surface area contributed by atoms with Crippen LogP contribution in [-0.2, 0) is 11.2 Å². The lowest BCUT2D eigenvalue weighted by atomic mass is 10.1. The van der Waals surface area contributed by atoms with Crippen LogP contribution in [0, 0.1) is 0 Å². The Kier molecular flexibility index (Phi) is 3.95. The molecule has 4 heteroatoms. The Hall–Kier alpha value is -1.03. The first kappa shape index (κ1) is 13.4. The Balaban J connectivity index is 1.97. The van der Waals surface area contributed by atoms with Gasteiger partial charge in [0.05, 0.1) is 0 Å². The third kappa shape index (κ3) is 3.48. The van der Waals surface area contributed by atoms with Gasteiger partial charge >= 0.3 is 6.09 Å². The summed E-state index contributed by atoms with van der Waals surface area (Å²) >= 11 is 1.71. The van der Waals surface area contributed by atoms with Gasteiger partial charge in [-0.1, -0.05) is 0 Å². The van der Waals surface area contributed by atoms with Crippen LogP contribution in [0.25, 0.3) is 0 Å². The summed E-state index contributed by atoms with van der Waals surface area (Å²) in [7, 11) is 0. The van der Waals surface area contributed by atoms with Crippen molar-refractivity contribution in [1.29, 1.82) is 0 Å². The highest BCUT2D eigenvalue weighted by atomic mass is 32.1. The van der Waals surface area contributed by atoms with E-state index in [9.17, 15) is 4.79 Å². The van der Waals surface area contributed by atoms with Crippen LogP contribution in [0.15, 0.2) is 16.8 Å². The van der Waals surface area contributed by atoms with Crippen molar-refractivity contribution < 1.29 is 9.53 Å². The largest absolute Gasteiger partial charge is 0.444 e. The van der Waals surface area contributed by atoms with Crippen LogP contribution in [0.1, 0.15) is 39.2 Å². The van der Waals surface area contributed by atoms with Crippen molar-refractivity contribution >= 4 is 17.4 Å². The van der Waals surface area contributed by atoms with E-state index in [1.165, 1.54) is 5.56 Å². The second kappa shape index (κ2) is 5.31. The number of amides is 1. The van der Waals surface area contributed by atoms with Crippen molar-refractivity contribution in [3.63, 3.8) is 0 Å². The molecule has 18 heavy (non-hydrogen) atoms. The van der Waals surface area contributed by atoms with E-state index >= 15 is 0 Å². The average molecular weight is 267 g/mol. The highest BCUT2D eigenvalue weighted by Gasteiger charge is 2.32. The van der Waals surface area contributed by atoms with Gasteiger partial charge in [-0.05, 0) is 62.4 Å². The van der Waals surface area contributed by atoms with E-state index in [4.69, 9.17) is 4.74 Å². The minimum atomic E-state index is -0.410. The number of nitrogens with zero attached hydrogens (tertiary/aromatic N) is 1. The molecule has 1 amide bonds. The summed E-state index contributed by atoms with van der Waals surface area (Å²) in [4.78, 5) is 14.0. The highest BCUT2D eigenvalue weighted by Crippen LogP contribution is 2.24. The Labute approximate surface area is 113 Å². The zero-order valence-electron chi connectivity index (χ0n) is 11.3. The number of hydrogen-bond acceptors (Lipinski definition) is 3. The van der Waals surface area contributed by atoms with E-state index in [2.05, 4.69) is 16.8 Å². The fourth-order valence-corrected chi connectivity index (χ4v) is 2.97. The first-order valence-corrected chi connectivity index (χ1v) is 7.41. The van der Waals surface area contributed by atoms with Crippen LogP contribution in [0.4, 0.5) is 4.79 Å². The number of thiophene rings is 1. The van der Waals surface area contributed by atoms with Gasteiger partial charge in [-0.2, -0.15) is 11.3 Å². The van der Waals surface area contributed by atoms with E-state index in [0.717, 1.165) is 25.8 Å². The minimum Gasteiger partial charge on any atom is -0.444 e. The van der Waals surface area contributed by atoms with Gasteiger partial charge in [0.25, 0.3) is 0 Å². The molecule has 1 saturated heterocycles. The number of hydrogen-bond donors (Lipinski definition) is 0. The molecule has 2 heterocycles. The molecule has 0 saturated carbocycles. The van der Waals surface area contributed by atoms with Crippen molar-refractivity contribution in [3.8, 4) is 0 Å². The number of ether oxygens (including phenoxy) is 1. The van der Waals surface area contributed by atoms with Gasteiger partial charge in [0.15, 0.2) is 0 Å². The second-order valence-corrected chi connectivity index (χ2v) is 6.59. The van der Waals surface area contributed by atoms with Gasteiger partial charge in [0.2, 0.25) is 0 Å². The van der Waals surface area contributed by atoms with Crippen LogP contribution >= 0.6 is 11.3 Å². The molecule has 1 fully saturated rings. The van der Waals surface area contributed by atoms with Crippen LogP contribution in [0.5, 0.6) is 0 Å². The fraction of sp³-hybridized carbons (Fsp3) is 0.643. The summed E-state index contributed by atoms with van der Waals surface area (Å²) in [5.74, 6) is 0. The maximum atomic E-state index is 12.1. The number of carbonyl (C=O) groups excluding carboxylic acids is 1. The molecule has 0 aliphatic carbocycles. The molecular formula is C14H21NO2S. The highest BCUT2D eigenvalue weighted by molar-refractivity contribution is 7.07. The van der Waals surface area contributed by atoms with Gasteiger partial charge in [0.1, 0.15) is 5.60 Å². The van der Waals surface area contributed by atoms with Gasteiger partial charge < -0.3 is 9.64 Å². The van der Waals surface area contributed by atoms with E-state index in [0.29, 0.717) is 6.04 Å². The molecule has 3 nitrogen and oxygen atoms in total. The lowest BCUT2D eigenvalue weighted by Crippen LogP contribution is -2.40. The van der Waals surface area contributed by atoms with E-state index < -0.39 is 5.60 Å². The second-order valence-electron chi connectivity index (χ2n) is 5.81. The summed E-state index contributed by atoms with van der Waals surface area (Å²) in [5, 5.41) is 4.24. The minimum absolute atomic E-state index is 0.166. The molecule has 0 radical (unpaired) electrons. The molecule has 1 atom stereocenters. The number of likely N-dealkylation sites (tertiary alicyclic amines) is 1. The molecule has 1 aliphatic heterocycles. The Bertz CT molecular complexity index is 394. The lowest BCUT2D eigenvalue weighted by molar-refractivity contribution is 0.0227. The van der Waals surface area contributed by atoms with Crippen molar-refractivity contribution in [3.05, 3.63) is 22.4 Å². The fourth-order valence-electron chi connectivity index (χ4n) is 2.29. The summed E-state index contributed by atoms with van der Waals surface area (Å²) < 4.78 is 5.46. The zero-order chi connectivity index (χ0) is 13.2. The first-order chi connectivity index (χ1) is 8.46. The van der Waals surface area contributed by atoms with Gasteiger partial charge in [-0.3, -0.25) is 0 Å². The zero-order valence-corrected chi connectivity index (χ0v) is 12.1. The Morgan fingerprint density at radius 2 is 2.33 bits per heavy atom. The molecule has 0 aromatic carbocycles. The third-order valence-corrected chi connectivity index (χ3v) is 3.79. The monoisotopic (exact) mass is 267 g/mol. The molecule has 1 unspecified atom stereocenters. The standard InChI is InChI=1S/C14H21NO2S/c1-14(2,3)17-13(16)15-7-4-5-12(15)9-11-6-8-18-10-11/h6,8,10,12H,4-5,7,9H2,1-3H3. The number of rotatable bonds is 2. The molecular weight excluding hydrogens is 246 g/mol. The van der Waals surface area contributed by atoms with Crippen molar-refractivity contribution in [2.75, 3.05) is 6.54 Å². The Morgan fingerprint density at radius 3 is 2.94 bits per heavy atom. The summed E-state index contributed by atoms with van der Waals surface area (Å²) in [6, 6.07) is 2.44. The van der Waals surface area contributed by atoms with Crippen molar-refractivity contribution in [1.82, 2.24) is 4.90 Å². The molecule has 100 valence electrons. The van der Waals surface area contributed by atoms with Crippen LogP contribution < -0.4 is 0 Å². The van der Waals surface area contributed by atoms with Crippen molar-refractivity contribution in [2.24, 2.45) is 0 Å². The first-order valence-electron chi connectivity index (χ1n) is 6.46. The van der Waals surface area contributed by atoms with Crippen LogP contribution in [0.2, 0.25) is 0 Å². The predicted octanol–water partition coefficient (Wildman–Crippen LogP) is 3.69. The quantitative estimate of drug-likeness (QED) is 0.818. The normalized spacial score (nSPS) is 20.2. The smallest absolute Gasteiger partial charge is 0.410 e. The van der Waals surface area contributed by atoms with Crippen molar-refractivity contribution in [2.45, 2.75) is 51.7 Å². The predicted molar refractivity (Wildman–Crippen MR) is 74.0 cm³/mol. The molecule has 2 rings (SSSR count). The Morgan fingerprint density at radius 1 is 1.56 bits per heavy atom. The van der Waals surface area contributed by atoms with E-state index in [1.807, 2.05) is 25.7 Å². The maximum Gasteiger partial charge on any atom is 0.410 e. The molecule has 1 aliphatic rings. The van der Waals surface area contributed by atoms with Crippen LogP contribution in [-0.4, -0.2) is 29.2 Å². The van der Waals surface area contributed by atoms with E-state index in [-0.39, 0.29) is 6.09 Å². The van der Waals surface area contributed by atoms with Gasteiger partial charge in [-0.25, -0.2) is 4.79 Å². The molecule has 1 aromatic heterocycles. The SMILES string of the molecule is CC(C)(C)OC(=O)N1CCCC1Cc1ccsc1. The average Bonchev–Trinajstić information content (AvgIpc) is 2.86. The van der Waals surface area contributed by atoms with Gasteiger partial charge in [0, 0.05) is 12.6 Å².